The van der Waals surface area contributed by atoms with Gasteiger partial charge in [0.15, 0.2) is 0 Å². The van der Waals surface area contributed by atoms with E-state index >= 15 is 0 Å². The lowest BCUT2D eigenvalue weighted by Crippen LogP contribution is -2.41. The highest BCUT2D eigenvalue weighted by Gasteiger charge is 2.17. The van der Waals surface area contributed by atoms with Crippen LogP contribution < -0.4 is 10.6 Å². The molecule has 2 heterocycles. The van der Waals surface area contributed by atoms with Crippen LogP contribution in [-0.4, -0.2) is 22.4 Å². The first-order chi connectivity index (χ1) is 12.1. The van der Waals surface area contributed by atoms with Gasteiger partial charge in [0.1, 0.15) is 6.04 Å². The second-order valence-corrected chi connectivity index (χ2v) is 6.89. The van der Waals surface area contributed by atoms with Crippen molar-refractivity contribution in [3.05, 3.63) is 52.9 Å². The number of carbonyl (C=O) groups excluding carboxylic acids is 2. The van der Waals surface area contributed by atoms with Gasteiger partial charge in [0.2, 0.25) is 5.91 Å². The molecule has 0 aliphatic carbocycles. The molecule has 130 valence electrons. The third-order valence-electron chi connectivity index (χ3n) is 3.99. The molecule has 0 aliphatic heterocycles. The number of aromatic nitrogens is 1. The summed E-state index contributed by atoms with van der Waals surface area (Å²) in [5, 5.41) is 8.50. The van der Waals surface area contributed by atoms with Gasteiger partial charge in [0.05, 0.1) is 4.88 Å². The van der Waals surface area contributed by atoms with Crippen molar-refractivity contribution in [1.82, 2.24) is 9.88 Å². The van der Waals surface area contributed by atoms with Gasteiger partial charge in [-0.25, -0.2) is 0 Å². The fourth-order valence-electron chi connectivity index (χ4n) is 2.71. The largest absolute Gasteiger partial charge is 0.347 e. The summed E-state index contributed by atoms with van der Waals surface area (Å²) in [6.45, 7) is 4.80. The zero-order valence-corrected chi connectivity index (χ0v) is 15.1. The van der Waals surface area contributed by atoms with Crippen molar-refractivity contribution in [2.24, 2.45) is 0 Å². The minimum absolute atomic E-state index is 0.232. The Labute approximate surface area is 150 Å². The second-order valence-electron chi connectivity index (χ2n) is 5.94. The summed E-state index contributed by atoms with van der Waals surface area (Å²) in [4.78, 5) is 25.0. The molecule has 2 aromatic heterocycles. The molecular weight excluding hydrogens is 334 g/mol. The van der Waals surface area contributed by atoms with E-state index in [0.717, 1.165) is 29.6 Å². The van der Waals surface area contributed by atoms with Gasteiger partial charge in [-0.3, -0.25) is 9.59 Å². The van der Waals surface area contributed by atoms with Gasteiger partial charge in [0.25, 0.3) is 5.91 Å². The highest BCUT2D eigenvalue weighted by atomic mass is 32.1. The number of anilines is 1. The van der Waals surface area contributed by atoms with E-state index in [1.807, 2.05) is 35.7 Å². The summed E-state index contributed by atoms with van der Waals surface area (Å²) >= 11 is 1.35. The van der Waals surface area contributed by atoms with Crippen LogP contribution in [0.1, 0.15) is 29.9 Å². The summed E-state index contributed by atoms with van der Waals surface area (Å²) in [6, 6.07) is 10.8. The van der Waals surface area contributed by atoms with E-state index in [1.54, 1.807) is 13.0 Å². The number of amides is 2. The SMILES string of the molecule is CCCn1ccc2cc(NC(=O)C(C)NC(=O)c3cccs3)ccc21. The molecule has 0 fully saturated rings. The topological polar surface area (TPSA) is 63.1 Å². The van der Waals surface area contributed by atoms with Crippen molar-refractivity contribution in [2.45, 2.75) is 32.9 Å². The lowest BCUT2D eigenvalue weighted by Gasteiger charge is -2.14. The van der Waals surface area contributed by atoms with E-state index in [4.69, 9.17) is 0 Å². The number of aryl methyl sites for hydroxylation is 1. The Hall–Kier alpha value is -2.60. The lowest BCUT2D eigenvalue weighted by molar-refractivity contribution is -0.117. The molecule has 0 saturated heterocycles. The maximum absolute atomic E-state index is 12.3. The first-order valence-corrected chi connectivity index (χ1v) is 9.20. The van der Waals surface area contributed by atoms with Crippen LogP contribution in [0.5, 0.6) is 0 Å². The molecule has 2 amide bonds. The van der Waals surface area contributed by atoms with Crippen molar-refractivity contribution < 1.29 is 9.59 Å². The van der Waals surface area contributed by atoms with Crippen molar-refractivity contribution in [1.29, 1.82) is 0 Å². The molecule has 3 aromatic rings. The number of hydrogen-bond donors (Lipinski definition) is 2. The normalized spacial score (nSPS) is 12.1. The Balaban J connectivity index is 1.65. The number of fused-ring (bicyclic) bond motifs is 1. The van der Waals surface area contributed by atoms with Crippen molar-refractivity contribution in [3.8, 4) is 0 Å². The molecule has 0 spiro atoms. The van der Waals surface area contributed by atoms with Gasteiger partial charge >= 0.3 is 0 Å². The molecule has 1 unspecified atom stereocenters. The van der Waals surface area contributed by atoms with E-state index in [2.05, 4.69) is 28.3 Å². The van der Waals surface area contributed by atoms with Crippen LogP contribution in [0.2, 0.25) is 0 Å². The second kappa shape index (κ2) is 7.53. The Kier molecular flexibility index (Phi) is 5.19. The fraction of sp³-hybridized carbons (Fsp3) is 0.263. The van der Waals surface area contributed by atoms with Gasteiger partial charge in [-0.2, -0.15) is 0 Å². The minimum Gasteiger partial charge on any atom is -0.347 e. The molecule has 0 radical (unpaired) electrons. The Morgan fingerprint density at radius 1 is 1.24 bits per heavy atom. The van der Waals surface area contributed by atoms with E-state index in [0.29, 0.717) is 4.88 Å². The number of thiophene rings is 1. The maximum atomic E-state index is 12.3. The molecule has 2 N–H and O–H groups in total. The first-order valence-electron chi connectivity index (χ1n) is 8.32. The fourth-order valence-corrected chi connectivity index (χ4v) is 3.33. The Bertz CT molecular complexity index is 883. The third-order valence-corrected chi connectivity index (χ3v) is 4.86. The van der Waals surface area contributed by atoms with E-state index in [-0.39, 0.29) is 11.8 Å². The Morgan fingerprint density at radius 3 is 2.80 bits per heavy atom. The van der Waals surface area contributed by atoms with Crippen molar-refractivity contribution in [2.75, 3.05) is 5.32 Å². The minimum atomic E-state index is -0.616. The number of carbonyl (C=O) groups is 2. The Morgan fingerprint density at radius 2 is 2.08 bits per heavy atom. The van der Waals surface area contributed by atoms with Gasteiger partial charge in [-0.15, -0.1) is 11.3 Å². The van der Waals surface area contributed by atoms with E-state index in [9.17, 15) is 9.59 Å². The summed E-state index contributed by atoms with van der Waals surface area (Å²) in [7, 11) is 0. The third kappa shape index (κ3) is 3.91. The number of benzene rings is 1. The van der Waals surface area contributed by atoms with Gasteiger partial charge in [-0.05, 0) is 49.1 Å². The van der Waals surface area contributed by atoms with Gasteiger partial charge < -0.3 is 15.2 Å². The number of nitrogens with zero attached hydrogens (tertiary/aromatic N) is 1. The van der Waals surface area contributed by atoms with E-state index in [1.165, 1.54) is 11.3 Å². The van der Waals surface area contributed by atoms with E-state index < -0.39 is 6.04 Å². The molecule has 25 heavy (non-hydrogen) atoms. The lowest BCUT2D eigenvalue weighted by atomic mass is 10.2. The summed E-state index contributed by atoms with van der Waals surface area (Å²) < 4.78 is 2.20. The zero-order chi connectivity index (χ0) is 17.8. The monoisotopic (exact) mass is 355 g/mol. The van der Waals surface area contributed by atoms with Crippen LogP contribution in [0.4, 0.5) is 5.69 Å². The highest BCUT2D eigenvalue weighted by molar-refractivity contribution is 7.12. The van der Waals surface area contributed by atoms with Crippen LogP contribution in [0, 0.1) is 0 Å². The summed E-state index contributed by atoms with van der Waals surface area (Å²) in [5.41, 5.74) is 1.88. The van der Waals surface area contributed by atoms with Gasteiger partial charge in [-0.1, -0.05) is 13.0 Å². The average molecular weight is 355 g/mol. The summed E-state index contributed by atoms with van der Waals surface area (Å²) in [6.07, 6.45) is 3.13. The zero-order valence-electron chi connectivity index (χ0n) is 14.3. The quantitative estimate of drug-likeness (QED) is 0.705. The molecular formula is C19H21N3O2S. The molecule has 5 nitrogen and oxygen atoms in total. The molecule has 0 aliphatic rings. The predicted molar refractivity (Wildman–Crippen MR) is 102 cm³/mol. The molecule has 6 heteroatoms. The predicted octanol–water partition coefficient (Wildman–Crippen LogP) is 3.87. The summed E-state index contributed by atoms with van der Waals surface area (Å²) in [5.74, 6) is -0.470. The molecule has 3 rings (SSSR count). The van der Waals surface area contributed by atoms with Gasteiger partial charge in [0, 0.05) is 29.3 Å². The number of hydrogen-bond acceptors (Lipinski definition) is 3. The molecule has 0 saturated carbocycles. The maximum Gasteiger partial charge on any atom is 0.261 e. The van der Waals surface area contributed by atoms with Crippen LogP contribution in [0.3, 0.4) is 0 Å². The number of rotatable bonds is 6. The molecule has 1 aromatic carbocycles. The van der Waals surface area contributed by atoms with Crippen molar-refractivity contribution >= 4 is 39.7 Å². The van der Waals surface area contributed by atoms with Crippen molar-refractivity contribution in [3.63, 3.8) is 0 Å². The average Bonchev–Trinajstić information content (AvgIpc) is 3.25. The standard InChI is InChI=1S/C19H21N3O2S/c1-3-9-22-10-8-14-12-15(6-7-16(14)22)21-18(23)13(2)20-19(24)17-5-4-11-25-17/h4-8,10-13H,3,9H2,1-2H3,(H,20,24)(H,21,23). The van der Waals surface area contributed by atoms with Crippen LogP contribution in [-0.2, 0) is 11.3 Å². The highest BCUT2D eigenvalue weighted by Crippen LogP contribution is 2.21. The first kappa shape index (κ1) is 17.2. The van der Waals surface area contributed by atoms with Crippen LogP contribution in [0.15, 0.2) is 48.0 Å². The van der Waals surface area contributed by atoms with Crippen LogP contribution in [0.25, 0.3) is 10.9 Å². The van der Waals surface area contributed by atoms with Crippen LogP contribution >= 0.6 is 11.3 Å². The number of nitrogens with one attached hydrogen (secondary N) is 2. The molecule has 1 atom stereocenters. The smallest absolute Gasteiger partial charge is 0.261 e. The molecule has 0 bridgehead atoms.